The van der Waals surface area contributed by atoms with Crippen LogP contribution in [-0.4, -0.2) is 20.2 Å². The molecule has 0 bridgehead atoms. The molecule has 0 heterocycles. The van der Waals surface area contributed by atoms with Crippen LogP contribution in [0.3, 0.4) is 0 Å². The van der Waals surface area contributed by atoms with E-state index in [1.165, 1.54) is 12.8 Å². The van der Waals surface area contributed by atoms with Gasteiger partial charge >= 0.3 is 0 Å². The lowest BCUT2D eigenvalue weighted by Crippen LogP contribution is -2.30. The molecule has 1 aromatic rings. The molecule has 0 radical (unpaired) electrons. The van der Waals surface area contributed by atoms with Crippen LogP contribution in [0.5, 0.6) is 5.75 Å². The van der Waals surface area contributed by atoms with Crippen LogP contribution in [0.4, 0.5) is 11.4 Å². The Bertz CT molecular complexity index is 374. The molecule has 1 aromatic carbocycles. The summed E-state index contributed by atoms with van der Waals surface area (Å²) in [7, 11) is 3.79. The summed E-state index contributed by atoms with van der Waals surface area (Å²) in [5.74, 6) is 1.67. The monoisotopic (exact) mass is 220 g/mol. The van der Waals surface area contributed by atoms with E-state index < -0.39 is 0 Å². The summed E-state index contributed by atoms with van der Waals surface area (Å²) in [6, 6.07) is 6.46. The van der Waals surface area contributed by atoms with Gasteiger partial charge in [-0.05, 0) is 31.7 Å². The zero-order valence-electron chi connectivity index (χ0n) is 10.2. The van der Waals surface area contributed by atoms with E-state index in [-0.39, 0.29) is 0 Å². The zero-order chi connectivity index (χ0) is 11.7. The Morgan fingerprint density at radius 2 is 2.06 bits per heavy atom. The van der Waals surface area contributed by atoms with Gasteiger partial charge in [0.25, 0.3) is 0 Å². The van der Waals surface area contributed by atoms with Crippen molar-refractivity contribution in [1.82, 2.24) is 0 Å². The smallest absolute Gasteiger partial charge is 0.122 e. The van der Waals surface area contributed by atoms with Crippen molar-refractivity contribution in [2.45, 2.75) is 25.8 Å². The van der Waals surface area contributed by atoms with Crippen LogP contribution in [0.2, 0.25) is 0 Å². The first kappa shape index (κ1) is 11.1. The summed E-state index contributed by atoms with van der Waals surface area (Å²) in [6.45, 7) is 2.27. The summed E-state index contributed by atoms with van der Waals surface area (Å²) in [5, 5.41) is 0. The third-order valence-electron chi connectivity index (χ3n) is 3.47. The molecule has 1 aliphatic rings. The highest BCUT2D eigenvalue weighted by Gasteiger charge is 2.30. The summed E-state index contributed by atoms with van der Waals surface area (Å²) in [4.78, 5) is 2.29. The van der Waals surface area contributed by atoms with E-state index in [0.29, 0.717) is 6.04 Å². The number of rotatable bonds is 4. The quantitative estimate of drug-likeness (QED) is 0.792. The second kappa shape index (κ2) is 4.24. The molecule has 1 saturated carbocycles. The number of methoxy groups -OCH3 is 1. The van der Waals surface area contributed by atoms with Gasteiger partial charge in [0.15, 0.2) is 0 Å². The lowest BCUT2D eigenvalue weighted by molar-refractivity contribution is 0.415. The number of benzene rings is 1. The lowest BCUT2D eigenvalue weighted by atomic mass is 10.1. The first-order chi connectivity index (χ1) is 7.61. The fourth-order valence-corrected chi connectivity index (χ4v) is 2.06. The highest BCUT2D eigenvalue weighted by Crippen LogP contribution is 2.37. The van der Waals surface area contributed by atoms with Gasteiger partial charge in [-0.25, -0.2) is 0 Å². The Morgan fingerprint density at radius 3 is 2.62 bits per heavy atom. The molecule has 2 rings (SSSR count). The number of ether oxygens (including phenoxy) is 1. The summed E-state index contributed by atoms with van der Waals surface area (Å²) in [5.41, 5.74) is 7.75. The Hall–Kier alpha value is -1.38. The van der Waals surface area contributed by atoms with Crippen LogP contribution in [0.25, 0.3) is 0 Å². The first-order valence-corrected chi connectivity index (χ1v) is 5.79. The van der Waals surface area contributed by atoms with Crippen molar-refractivity contribution < 1.29 is 4.74 Å². The summed E-state index contributed by atoms with van der Waals surface area (Å²) in [6.07, 6.45) is 2.70. The number of nitrogens with zero attached hydrogens (tertiary/aromatic N) is 1. The van der Waals surface area contributed by atoms with Crippen molar-refractivity contribution in [2.24, 2.45) is 5.92 Å². The van der Waals surface area contributed by atoms with Gasteiger partial charge in [-0.2, -0.15) is 0 Å². The highest BCUT2D eigenvalue weighted by atomic mass is 16.5. The second-order valence-electron chi connectivity index (χ2n) is 4.65. The molecule has 1 aliphatic carbocycles. The van der Waals surface area contributed by atoms with E-state index in [2.05, 4.69) is 18.9 Å². The number of hydrogen-bond acceptors (Lipinski definition) is 3. The van der Waals surface area contributed by atoms with E-state index >= 15 is 0 Å². The van der Waals surface area contributed by atoms with Gasteiger partial charge in [-0.15, -0.1) is 0 Å². The molecule has 0 aromatic heterocycles. The molecule has 16 heavy (non-hydrogen) atoms. The minimum Gasteiger partial charge on any atom is -0.497 e. The lowest BCUT2D eigenvalue weighted by Gasteiger charge is -2.27. The fraction of sp³-hybridized carbons (Fsp3) is 0.538. The van der Waals surface area contributed by atoms with E-state index in [9.17, 15) is 0 Å². The van der Waals surface area contributed by atoms with Gasteiger partial charge in [0.1, 0.15) is 5.75 Å². The van der Waals surface area contributed by atoms with Crippen molar-refractivity contribution in [1.29, 1.82) is 0 Å². The average Bonchev–Trinajstić information content (AvgIpc) is 3.10. The maximum absolute atomic E-state index is 5.86. The van der Waals surface area contributed by atoms with Gasteiger partial charge in [-0.1, -0.05) is 0 Å². The maximum atomic E-state index is 5.86. The fourth-order valence-electron chi connectivity index (χ4n) is 2.06. The largest absolute Gasteiger partial charge is 0.497 e. The maximum Gasteiger partial charge on any atom is 0.122 e. The van der Waals surface area contributed by atoms with Crippen LogP contribution < -0.4 is 15.4 Å². The van der Waals surface area contributed by atoms with Crippen molar-refractivity contribution in [3.8, 4) is 5.75 Å². The molecule has 3 nitrogen and oxygen atoms in total. The van der Waals surface area contributed by atoms with Gasteiger partial charge in [0.05, 0.1) is 7.11 Å². The highest BCUT2D eigenvalue weighted by molar-refractivity contribution is 5.60. The van der Waals surface area contributed by atoms with E-state index in [4.69, 9.17) is 10.5 Å². The second-order valence-corrected chi connectivity index (χ2v) is 4.65. The van der Waals surface area contributed by atoms with E-state index in [0.717, 1.165) is 23.0 Å². The molecule has 0 aliphatic heterocycles. The Labute approximate surface area is 97.2 Å². The van der Waals surface area contributed by atoms with Gasteiger partial charge in [0.2, 0.25) is 0 Å². The van der Waals surface area contributed by atoms with E-state index in [1.807, 2.05) is 18.2 Å². The third kappa shape index (κ3) is 2.23. The zero-order valence-corrected chi connectivity index (χ0v) is 10.2. The minimum absolute atomic E-state index is 0.575. The van der Waals surface area contributed by atoms with Crippen molar-refractivity contribution in [3.63, 3.8) is 0 Å². The Balaban J connectivity index is 2.20. The SMILES string of the molecule is COc1cc(N)cc(N(C)C(C)C2CC2)c1. The summed E-state index contributed by atoms with van der Waals surface area (Å²) < 4.78 is 5.24. The molecule has 0 saturated heterocycles. The van der Waals surface area contributed by atoms with Gasteiger partial charge < -0.3 is 15.4 Å². The number of hydrogen-bond donors (Lipinski definition) is 1. The van der Waals surface area contributed by atoms with Gasteiger partial charge in [0, 0.05) is 36.6 Å². The molecule has 1 fully saturated rings. The van der Waals surface area contributed by atoms with Crippen LogP contribution in [0, 0.1) is 5.92 Å². The number of anilines is 2. The van der Waals surface area contributed by atoms with Crippen LogP contribution in [-0.2, 0) is 0 Å². The average molecular weight is 220 g/mol. The standard InChI is InChI=1S/C13H20N2O/c1-9(10-4-5-10)15(2)12-6-11(14)7-13(8-12)16-3/h6-10H,4-5,14H2,1-3H3. The normalized spacial score (nSPS) is 16.9. The van der Waals surface area contributed by atoms with Crippen LogP contribution >= 0.6 is 0 Å². The van der Waals surface area contributed by atoms with E-state index in [1.54, 1.807) is 7.11 Å². The molecule has 88 valence electrons. The molecule has 0 spiro atoms. The topological polar surface area (TPSA) is 38.5 Å². The third-order valence-corrected chi connectivity index (χ3v) is 3.47. The number of nitrogens with two attached hydrogens (primary N) is 1. The van der Waals surface area contributed by atoms with Crippen LogP contribution in [0.1, 0.15) is 19.8 Å². The predicted molar refractivity (Wildman–Crippen MR) is 68.0 cm³/mol. The number of nitrogen functional groups attached to an aromatic ring is 1. The molecule has 2 N–H and O–H groups in total. The van der Waals surface area contributed by atoms with Crippen LogP contribution in [0.15, 0.2) is 18.2 Å². The minimum atomic E-state index is 0.575. The molecular weight excluding hydrogens is 200 g/mol. The van der Waals surface area contributed by atoms with Crippen molar-refractivity contribution in [2.75, 3.05) is 24.8 Å². The van der Waals surface area contributed by atoms with Gasteiger partial charge in [-0.3, -0.25) is 0 Å². The van der Waals surface area contributed by atoms with Crippen molar-refractivity contribution in [3.05, 3.63) is 18.2 Å². The molecule has 3 heteroatoms. The Kier molecular flexibility index (Phi) is 2.95. The first-order valence-electron chi connectivity index (χ1n) is 5.79. The Morgan fingerprint density at radius 1 is 1.38 bits per heavy atom. The molecule has 1 unspecified atom stereocenters. The molecule has 1 atom stereocenters. The molecule has 0 amide bonds. The van der Waals surface area contributed by atoms with Crippen molar-refractivity contribution >= 4 is 11.4 Å². The summed E-state index contributed by atoms with van der Waals surface area (Å²) >= 11 is 0. The molecular formula is C13H20N2O. The predicted octanol–water partition coefficient (Wildman–Crippen LogP) is 2.51.